The number of aromatic nitrogens is 3. The van der Waals surface area contributed by atoms with Crippen molar-refractivity contribution in [3.05, 3.63) is 59.5 Å². The first-order chi connectivity index (χ1) is 14.6. The average Bonchev–Trinajstić information content (AvgIpc) is 3.04. The van der Waals surface area contributed by atoms with Crippen molar-refractivity contribution < 1.29 is 8.78 Å². The van der Waals surface area contributed by atoms with Gasteiger partial charge in [0.25, 0.3) is 0 Å². The predicted molar refractivity (Wildman–Crippen MR) is 113 cm³/mol. The standard InChI is InChI=1S/C22H16ClF2N5/c23-18-14(24)5-4-11-2-1-3-12(17(11)18)20-19(25)21-13(8-27-20)22(29-10-28-21)30-7-6-15-16(30)9-26-15/h1-5,8,10,15-16,26H,6-7,9H2. The summed E-state index contributed by atoms with van der Waals surface area (Å²) in [6, 6.07) is 9.02. The van der Waals surface area contributed by atoms with Gasteiger partial charge in [-0.3, -0.25) is 4.98 Å². The highest BCUT2D eigenvalue weighted by Gasteiger charge is 2.41. The van der Waals surface area contributed by atoms with E-state index in [0.717, 1.165) is 19.5 Å². The lowest BCUT2D eigenvalue weighted by Gasteiger charge is -2.37. The van der Waals surface area contributed by atoms with Crippen molar-refractivity contribution in [1.82, 2.24) is 20.3 Å². The van der Waals surface area contributed by atoms with Crippen LogP contribution < -0.4 is 10.2 Å². The first kappa shape index (κ1) is 17.9. The third-order valence-corrected chi connectivity index (χ3v) is 6.57. The second kappa shape index (κ2) is 6.55. The summed E-state index contributed by atoms with van der Waals surface area (Å²) in [5, 5.41) is 5.08. The molecule has 2 aliphatic heterocycles. The number of pyridine rings is 1. The number of anilines is 1. The van der Waals surface area contributed by atoms with E-state index in [0.29, 0.717) is 39.6 Å². The first-order valence-electron chi connectivity index (χ1n) is 9.80. The smallest absolute Gasteiger partial charge is 0.175 e. The summed E-state index contributed by atoms with van der Waals surface area (Å²) in [5.74, 6) is -0.416. The molecule has 0 radical (unpaired) electrons. The fraction of sp³-hybridized carbons (Fsp3) is 0.227. The van der Waals surface area contributed by atoms with Gasteiger partial charge in [0.1, 0.15) is 29.2 Å². The van der Waals surface area contributed by atoms with Crippen LogP contribution in [0, 0.1) is 11.6 Å². The molecule has 2 atom stereocenters. The van der Waals surface area contributed by atoms with Crippen LogP contribution in [0.2, 0.25) is 5.02 Å². The molecular formula is C22H16ClF2N5. The fourth-order valence-corrected chi connectivity index (χ4v) is 4.89. The maximum absolute atomic E-state index is 15.6. The number of nitrogens with zero attached hydrogens (tertiary/aromatic N) is 4. The van der Waals surface area contributed by atoms with Crippen LogP contribution in [0.25, 0.3) is 32.9 Å². The van der Waals surface area contributed by atoms with E-state index in [-0.39, 0.29) is 16.2 Å². The van der Waals surface area contributed by atoms with E-state index in [9.17, 15) is 4.39 Å². The van der Waals surface area contributed by atoms with Gasteiger partial charge in [0.05, 0.1) is 16.5 Å². The molecule has 8 heteroatoms. The molecule has 150 valence electrons. The van der Waals surface area contributed by atoms with E-state index in [2.05, 4.69) is 25.2 Å². The minimum Gasteiger partial charge on any atom is -0.350 e. The molecule has 4 heterocycles. The van der Waals surface area contributed by atoms with Crippen molar-refractivity contribution in [3.8, 4) is 11.3 Å². The van der Waals surface area contributed by atoms with E-state index in [1.807, 2.05) is 0 Å². The molecule has 2 saturated heterocycles. The van der Waals surface area contributed by atoms with Crippen molar-refractivity contribution in [3.63, 3.8) is 0 Å². The van der Waals surface area contributed by atoms with Gasteiger partial charge < -0.3 is 10.2 Å². The van der Waals surface area contributed by atoms with Gasteiger partial charge >= 0.3 is 0 Å². The normalized spacial score (nSPS) is 20.6. The number of hydrogen-bond donors (Lipinski definition) is 1. The molecule has 0 aliphatic carbocycles. The molecule has 1 N–H and O–H groups in total. The summed E-state index contributed by atoms with van der Waals surface area (Å²) in [7, 11) is 0. The zero-order valence-electron chi connectivity index (χ0n) is 15.7. The van der Waals surface area contributed by atoms with Crippen LogP contribution in [-0.4, -0.2) is 40.1 Å². The van der Waals surface area contributed by atoms with Crippen LogP contribution in [0.1, 0.15) is 6.42 Å². The van der Waals surface area contributed by atoms with Gasteiger partial charge in [0.2, 0.25) is 0 Å². The number of fused-ring (bicyclic) bond motifs is 3. The van der Waals surface area contributed by atoms with Gasteiger partial charge in [-0.2, -0.15) is 0 Å². The molecule has 2 aliphatic rings. The quantitative estimate of drug-likeness (QED) is 0.520. The molecule has 2 aromatic heterocycles. The average molecular weight is 424 g/mol. The van der Waals surface area contributed by atoms with Crippen LogP contribution in [0.4, 0.5) is 14.6 Å². The van der Waals surface area contributed by atoms with E-state index >= 15 is 4.39 Å². The number of hydrogen-bond acceptors (Lipinski definition) is 5. The Labute approximate surface area is 175 Å². The molecule has 4 aromatic rings. The topological polar surface area (TPSA) is 53.9 Å². The van der Waals surface area contributed by atoms with E-state index in [1.54, 1.807) is 30.5 Å². The van der Waals surface area contributed by atoms with Gasteiger partial charge in [-0.15, -0.1) is 0 Å². The second-order valence-corrected chi connectivity index (χ2v) is 8.09. The molecule has 0 amide bonds. The molecule has 5 nitrogen and oxygen atoms in total. The lowest BCUT2D eigenvalue weighted by atomic mass is 10.00. The zero-order chi connectivity index (χ0) is 20.4. The highest BCUT2D eigenvalue weighted by atomic mass is 35.5. The van der Waals surface area contributed by atoms with Gasteiger partial charge in [0.15, 0.2) is 5.82 Å². The van der Waals surface area contributed by atoms with Gasteiger partial charge in [0, 0.05) is 36.3 Å². The van der Waals surface area contributed by atoms with Gasteiger partial charge in [-0.1, -0.05) is 35.9 Å². The van der Waals surface area contributed by atoms with Crippen LogP contribution in [0.3, 0.4) is 0 Å². The summed E-state index contributed by atoms with van der Waals surface area (Å²) < 4.78 is 29.8. The number of rotatable bonds is 2. The van der Waals surface area contributed by atoms with Crippen LogP contribution in [-0.2, 0) is 0 Å². The lowest BCUT2D eigenvalue weighted by Crippen LogP contribution is -2.59. The summed E-state index contributed by atoms with van der Waals surface area (Å²) in [4.78, 5) is 15.3. The molecule has 2 unspecified atom stereocenters. The Morgan fingerprint density at radius 2 is 2.00 bits per heavy atom. The minimum absolute atomic E-state index is 0.0478. The first-order valence-corrected chi connectivity index (χ1v) is 10.2. The maximum atomic E-state index is 15.6. The van der Waals surface area contributed by atoms with E-state index in [4.69, 9.17) is 11.6 Å². The van der Waals surface area contributed by atoms with Crippen molar-refractivity contribution in [2.45, 2.75) is 18.5 Å². The Morgan fingerprint density at radius 3 is 2.80 bits per heavy atom. The molecular weight excluding hydrogens is 408 g/mol. The summed E-state index contributed by atoms with van der Waals surface area (Å²) in [6.07, 6.45) is 4.03. The SMILES string of the molecule is Fc1ccc2cccc(-c3ncc4c(N5CCC6NCC65)ncnc4c3F)c2c1Cl. The monoisotopic (exact) mass is 423 g/mol. The maximum Gasteiger partial charge on any atom is 0.175 e. The lowest BCUT2D eigenvalue weighted by molar-refractivity contribution is 0.347. The molecule has 0 saturated carbocycles. The van der Waals surface area contributed by atoms with Crippen molar-refractivity contribution >= 4 is 39.1 Å². The number of benzene rings is 2. The zero-order valence-corrected chi connectivity index (χ0v) is 16.5. The molecule has 30 heavy (non-hydrogen) atoms. The summed E-state index contributed by atoms with van der Waals surface area (Å²) in [6.45, 7) is 1.75. The summed E-state index contributed by atoms with van der Waals surface area (Å²) in [5.41, 5.74) is 0.723. The molecule has 0 spiro atoms. The van der Waals surface area contributed by atoms with Gasteiger partial charge in [-0.25, -0.2) is 18.7 Å². The molecule has 0 bridgehead atoms. The largest absolute Gasteiger partial charge is 0.350 e. The van der Waals surface area contributed by atoms with Crippen molar-refractivity contribution in [1.29, 1.82) is 0 Å². The Morgan fingerprint density at radius 1 is 1.10 bits per heavy atom. The van der Waals surface area contributed by atoms with Gasteiger partial charge in [-0.05, 0) is 17.9 Å². The number of nitrogens with one attached hydrogen (secondary N) is 1. The highest BCUT2D eigenvalue weighted by molar-refractivity contribution is 6.36. The fourth-order valence-electron chi connectivity index (χ4n) is 4.62. The van der Waals surface area contributed by atoms with E-state index in [1.165, 1.54) is 12.4 Å². The highest BCUT2D eigenvalue weighted by Crippen LogP contribution is 2.38. The van der Waals surface area contributed by atoms with Crippen LogP contribution >= 0.6 is 11.6 Å². The Bertz CT molecular complexity index is 1330. The molecule has 2 fully saturated rings. The third kappa shape index (κ3) is 2.45. The molecule has 6 rings (SSSR count). The second-order valence-electron chi connectivity index (χ2n) is 7.71. The van der Waals surface area contributed by atoms with Crippen LogP contribution in [0.15, 0.2) is 42.9 Å². The van der Waals surface area contributed by atoms with Crippen molar-refractivity contribution in [2.75, 3.05) is 18.0 Å². The Hall–Kier alpha value is -2.90. The third-order valence-electron chi connectivity index (χ3n) is 6.20. The summed E-state index contributed by atoms with van der Waals surface area (Å²) >= 11 is 6.24. The molecule has 2 aromatic carbocycles. The number of halogens is 3. The Balaban J connectivity index is 1.56. The van der Waals surface area contributed by atoms with Crippen LogP contribution in [0.5, 0.6) is 0 Å². The predicted octanol–water partition coefficient (Wildman–Crippen LogP) is 4.33. The van der Waals surface area contributed by atoms with Crippen molar-refractivity contribution in [2.24, 2.45) is 0 Å². The van der Waals surface area contributed by atoms with E-state index < -0.39 is 11.6 Å². The Kier molecular flexibility index (Phi) is 3.91. The minimum atomic E-state index is -0.563.